The molecule has 0 radical (unpaired) electrons. The van der Waals surface area contributed by atoms with Crippen molar-refractivity contribution in [2.45, 2.75) is 57.4 Å². The SMILES string of the molecule is C[C@@H]1CN(Cc2ccccc2)[C@@H](C)CN1C(c1ccc(C(=O)N2CCC[C@H]2C(=O)O)cc1)c1nccs1. The molecule has 0 spiro atoms. The van der Waals surface area contributed by atoms with Crippen molar-refractivity contribution >= 4 is 23.2 Å². The molecule has 8 heteroatoms. The lowest BCUT2D eigenvalue weighted by molar-refractivity contribution is -0.141. The fraction of sp³-hybridized carbons (Fsp3) is 0.414. The summed E-state index contributed by atoms with van der Waals surface area (Å²) < 4.78 is 0. The maximum absolute atomic E-state index is 13.1. The van der Waals surface area contributed by atoms with E-state index in [1.165, 1.54) is 10.5 Å². The van der Waals surface area contributed by atoms with E-state index in [9.17, 15) is 14.7 Å². The lowest BCUT2D eigenvalue weighted by Crippen LogP contribution is -2.56. The highest BCUT2D eigenvalue weighted by molar-refractivity contribution is 7.09. The fourth-order valence-corrected chi connectivity index (χ4v) is 6.49. The van der Waals surface area contributed by atoms with E-state index in [1.54, 1.807) is 11.3 Å². The lowest BCUT2D eigenvalue weighted by atomic mass is 9.98. The first kappa shape index (κ1) is 25.6. The van der Waals surface area contributed by atoms with Gasteiger partial charge in [-0.05, 0) is 49.9 Å². The number of piperazine rings is 1. The molecule has 37 heavy (non-hydrogen) atoms. The normalized spacial score (nSPS) is 23.7. The molecule has 3 heterocycles. The number of carbonyl (C=O) groups excluding carboxylic acids is 1. The number of likely N-dealkylation sites (tertiary alicyclic amines) is 1. The smallest absolute Gasteiger partial charge is 0.326 e. The van der Waals surface area contributed by atoms with Gasteiger partial charge in [0, 0.05) is 55.4 Å². The first-order chi connectivity index (χ1) is 17.9. The van der Waals surface area contributed by atoms with Crippen LogP contribution in [0.4, 0.5) is 0 Å². The standard InChI is InChI=1S/C29H34N4O3S/c1-20-18-33(21(2)17-31(20)19-22-7-4-3-5-8-22)26(27-30-14-16-37-27)23-10-12-24(13-11-23)28(34)32-15-6-9-25(32)29(35)36/h3-5,7-8,10-14,16,20-21,25-26H,6,9,15,17-19H2,1-2H3,(H,35,36)/t20-,21+,25-,26?/m0/s1. The Hall–Kier alpha value is -3.07. The molecule has 1 amide bonds. The summed E-state index contributed by atoms with van der Waals surface area (Å²) in [7, 11) is 0. The van der Waals surface area contributed by atoms with Crippen LogP contribution in [0.2, 0.25) is 0 Å². The number of hydrogen-bond donors (Lipinski definition) is 1. The summed E-state index contributed by atoms with van der Waals surface area (Å²) in [5.74, 6) is -1.14. The van der Waals surface area contributed by atoms with Gasteiger partial charge in [0.05, 0.1) is 6.04 Å². The van der Waals surface area contributed by atoms with E-state index in [4.69, 9.17) is 0 Å². The first-order valence-corrected chi connectivity index (χ1v) is 13.9. The number of amides is 1. The van der Waals surface area contributed by atoms with E-state index in [-0.39, 0.29) is 11.9 Å². The molecule has 3 aromatic rings. The second kappa shape index (κ2) is 11.1. The van der Waals surface area contributed by atoms with Crippen LogP contribution in [-0.4, -0.2) is 74.4 Å². The van der Waals surface area contributed by atoms with Crippen LogP contribution in [0.3, 0.4) is 0 Å². The molecule has 4 atom stereocenters. The average Bonchev–Trinajstić information content (AvgIpc) is 3.61. The lowest BCUT2D eigenvalue weighted by Gasteiger charge is -2.47. The van der Waals surface area contributed by atoms with E-state index < -0.39 is 12.0 Å². The Balaban J connectivity index is 1.36. The monoisotopic (exact) mass is 518 g/mol. The van der Waals surface area contributed by atoms with Crippen LogP contribution in [-0.2, 0) is 11.3 Å². The van der Waals surface area contributed by atoms with Crippen molar-refractivity contribution in [2.75, 3.05) is 19.6 Å². The van der Waals surface area contributed by atoms with Gasteiger partial charge < -0.3 is 10.0 Å². The second-order valence-electron chi connectivity index (χ2n) is 10.2. The Kier molecular flexibility index (Phi) is 7.69. The summed E-state index contributed by atoms with van der Waals surface area (Å²) in [6, 6.07) is 18.3. The van der Waals surface area contributed by atoms with Crippen molar-refractivity contribution in [3.8, 4) is 0 Å². The Bertz CT molecular complexity index is 1200. The molecular formula is C29H34N4O3S. The Labute approximate surface area is 222 Å². The van der Waals surface area contributed by atoms with Crippen LogP contribution in [0.1, 0.15) is 59.2 Å². The van der Waals surface area contributed by atoms with Crippen molar-refractivity contribution < 1.29 is 14.7 Å². The second-order valence-corrected chi connectivity index (χ2v) is 11.1. The third-order valence-corrected chi connectivity index (χ3v) is 8.51. The molecule has 5 rings (SSSR count). The molecule has 1 N–H and O–H groups in total. The number of benzene rings is 2. The molecule has 0 aliphatic carbocycles. The first-order valence-electron chi connectivity index (χ1n) is 13.0. The number of rotatable bonds is 7. The van der Waals surface area contributed by atoms with E-state index in [2.05, 4.69) is 59.0 Å². The number of thiazole rings is 1. The molecule has 0 bridgehead atoms. The minimum Gasteiger partial charge on any atom is -0.480 e. The van der Waals surface area contributed by atoms with E-state index >= 15 is 0 Å². The van der Waals surface area contributed by atoms with Crippen molar-refractivity contribution in [2.24, 2.45) is 0 Å². The van der Waals surface area contributed by atoms with Gasteiger partial charge in [-0.2, -0.15) is 0 Å². The van der Waals surface area contributed by atoms with Gasteiger partial charge in [0.1, 0.15) is 11.0 Å². The summed E-state index contributed by atoms with van der Waals surface area (Å²) in [5, 5.41) is 12.5. The number of hydrogen-bond acceptors (Lipinski definition) is 6. The predicted molar refractivity (Wildman–Crippen MR) is 145 cm³/mol. The van der Waals surface area contributed by atoms with E-state index in [1.807, 2.05) is 35.8 Å². The fourth-order valence-electron chi connectivity index (χ4n) is 5.71. The van der Waals surface area contributed by atoms with Crippen molar-refractivity contribution in [3.63, 3.8) is 0 Å². The van der Waals surface area contributed by atoms with Crippen molar-refractivity contribution in [1.29, 1.82) is 0 Å². The third kappa shape index (κ3) is 5.46. The average molecular weight is 519 g/mol. The molecule has 194 valence electrons. The van der Waals surface area contributed by atoms with Crippen molar-refractivity contribution in [3.05, 3.63) is 87.9 Å². The van der Waals surface area contributed by atoms with Crippen LogP contribution in [0.5, 0.6) is 0 Å². The number of carbonyl (C=O) groups is 2. The topological polar surface area (TPSA) is 77.0 Å². The van der Waals surface area contributed by atoms with E-state index in [0.29, 0.717) is 30.6 Å². The number of carboxylic acids is 1. The highest BCUT2D eigenvalue weighted by atomic mass is 32.1. The van der Waals surface area contributed by atoms with Gasteiger partial charge in [0.25, 0.3) is 5.91 Å². The molecule has 1 aromatic heterocycles. The predicted octanol–water partition coefficient (Wildman–Crippen LogP) is 4.52. The zero-order valence-electron chi connectivity index (χ0n) is 21.4. The molecule has 7 nitrogen and oxygen atoms in total. The summed E-state index contributed by atoms with van der Waals surface area (Å²) in [5.41, 5.74) is 2.96. The number of aromatic nitrogens is 1. The Morgan fingerprint density at radius 3 is 2.49 bits per heavy atom. The van der Waals surface area contributed by atoms with E-state index in [0.717, 1.165) is 36.6 Å². The summed E-state index contributed by atoms with van der Waals surface area (Å²) in [6.45, 7) is 7.86. The van der Waals surface area contributed by atoms with Gasteiger partial charge in [-0.3, -0.25) is 14.6 Å². The highest BCUT2D eigenvalue weighted by Crippen LogP contribution is 2.35. The quantitative estimate of drug-likeness (QED) is 0.496. The number of nitrogens with zero attached hydrogens (tertiary/aromatic N) is 4. The van der Waals surface area contributed by atoms with Crippen LogP contribution in [0.15, 0.2) is 66.2 Å². The van der Waals surface area contributed by atoms with Crippen LogP contribution >= 0.6 is 11.3 Å². The number of carboxylic acid groups (broad SMARTS) is 1. The zero-order valence-corrected chi connectivity index (χ0v) is 22.2. The molecule has 2 saturated heterocycles. The zero-order chi connectivity index (χ0) is 25.9. The molecule has 2 fully saturated rings. The summed E-state index contributed by atoms with van der Waals surface area (Å²) in [4.78, 5) is 35.9. The maximum Gasteiger partial charge on any atom is 0.326 e. The molecule has 0 saturated carbocycles. The minimum atomic E-state index is -0.930. The van der Waals surface area contributed by atoms with Gasteiger partial charge in [-0.25, -0.2) is 9.78 Å². The minimum absolute atomic E-state index is 0.000896. The largest absolute Gasteiger partial charge is 0.480 e. The summed E-state index contributed by atoms with van der Waals surface area (Å²) >= 11 is 1.65. The molecule has 2 aliphatic rings. The Morgan fingerprint density at radius 1 is 1.05 bits per heavy atom. The van der Waals surface area contributed by atoms with Gasteiger partial charge in [0.15, 0.2) is 0 Å². The molecule has 2 aromatic carbocycles. The Morgan fingerprint density at radius 2 is 1.81 bits per heavy atom. The van der Waals surface area contributed by atoms with Crippen LogP contribution in [0, 0.1) is 0 Å². The molecule has 2 aliphatic heterocycles. The molecular weight excluding hydrogens is 484 g/mol. The van der Waals surface area contributed by atoms with Gasteiger partial charge >= 0.3 is 5.97 Å². The number of aliphatic carboxylic acids is 1. The third-order valence-electron chi connectivity index (χ3n) is 7.68. The van der Waals surface area contributed by atoms with Gasteiger partial charge in [0.2, 0.25) is 0 Å². The van der Waals surface area contributed by atoms with Gasteiger partial charge in [-0.1, -0.05) is 42.5 Å². The summed E-state index contributed by atoms with van der Waals surface area (Å²) in [6.07, 6.45) is 3.08. The highest BCUT2D eigenvalue weighted by Gasteiger charge is 2.37. The van der Waals surface area contributed by atoms with Crippen LogP contribution < -0.4 is 0 Å². The molecule has 1 unspecified atom stereocenters. The van der Waals surface area contributed by atoms with Gasteiger partial charge in [-0.15, -0.1) is 11.3 Å². The maximum atomic E-state index is 13.1. The van der Waals surface area contributed by atoms with Crippen molar-refractivity contribution in [1.82, 2.24) is 19.7 Å². The van der Waals surface area contributed by atoms with Crippen LogP contribution in [0.25, 0.3) is 0 Å².